The molecule has 5 nitrogen and oxygen atoms in total. The van der Waals surface area contributed by atoms with Gasteiger partial charge in [0.05, 0.1) is 12.2 Å². The number of anilines is 1. The first-order chi connectivity index (χ1) is 9.74. The van der Waals surface area contributed by atoms with Gasteiger partial charge in [0.2, 0.25) is 0 Å². The number of hydrogen-bond donors (Lipinski definition) is 1. The van der Waals surface area contributed by atoms with Crippen LogP contribution in [0.2, 0.25) is 0 Å². The number of carbonyl (C=O) groups excluding carboxylic acids is 1. The molecule has 116 valence electrons. The number of nitrogens with two attached hydrogens (primary N) is 1. The minimum atomic E-state index is -0.475. The molecule has 21 heavy (non-hydrogen) atoms. The van der Waals surface area contributed by atoms with Gasteiger partial charge >= 0.3 is 6.09 Å². The van der Waals surface area contributed by atoms with Gasteiger partial charge in [-0.05, 0) is 45.4 Å². The molecule has 0 bridgehead atoms. The van der Waals surface area contributed by atoms with Crippen LogP contribution in [-0.4, -0.2) is 35.8 Å². The van der Waals surface area contributed by atoms with E-state index in [0.29, 0.717) is 24.5 Å². The lowest BCUT2D eigenvalue weighted by Crippen LogP contribution is -2.36. The predicted octanol–water partition coefficient (Wildman–Crippen LogP) is 2.97. The van der Waals surface area contributed by atoms with Crippen molar-refractivity contribution in [3.63, 3.8) is 0 Å². The summed E-state index contributed by atoms with van der Waals surface area (Å²) >= 11 is 0. The average molecular weight is 292 g/mol. The number of rotatable bonds is 2. The van der Waals surface area contributed by atoms with Crippen LogP contribution in [0.15, 0.2) is 18.2 Å². The Morgan fingerprint density at radius 3 is 2.71 bits per heavy atom. The molecular weight excluding hydrogens is 268 g/mol. The zero-order valence-corrected chi connectivity index (χ0v) is 13.2. The SMILES string of the molecule is Cc1ccc(OC2CCN(C(=O)OC(C)(C)C)C2)c(N)c1. The maximum atomic E-state index is 12.0. The lowest BCUT2D eigenvalue weighted by Gasteiger charge is -2.24. The fourth-order valence-corrected chi connectivity index (χ4v) is 2.27. The van der Waals surface area contributed by atoms with Crippen molar-refractivity contribution in [3.05, 3.63) is 23.8 Å². The highest BCUT2D eigenvalue weighted by molar-refractivity contribution is 5.68. The summed E-state index contributed by atoms with van der Waals surface area (Å²) in [6.45, 7) is 8.75. The van der Waals surface area contributed by atoms with Gasteiger partial charge in [0.15, 0.2) is 0 Å². The molecule has 0 aliphatic carbocycles. The fraction of sp³-hybridized carbons (Fsp3) is 0.562. The molecule has 1 atom stereocenters. The third kappa shape index (κ3) is 4.28. The highest BCUT2D eigenvalue weighted by Crippen LogP contribution is 2.26. The zero-order chi connectivity index (χ0) is 15.6. The monoisotopic (exact) mass is 292 g/mol. The molecule has 1 amide bonds. The largest absolute Gasteiger partial charge is 0.486 e. The molecule has 1 aromatic carbocycles. The molecule has 1 unspecified atom stereocenters. The number of nitrogens with zero attached hydrogens (tertiary/aromatic N) is 1. The molecule has 1 aliphatic heterocycles. The fourth-order valence-electron chi connectivity index (χ4n) is 2.27. The second-order valence-electron chi connectivity index (χ2n) is 6.50. The number of carbonyl (C=O) groups is 1. The molecule has 0 radical (unpaired) electrons. The van der Waals surface area contributed by atoms with Crippen LogP contribution >= 0.6 is 0 Å². The van der Waals surface area contributed by atoms with E-state index in [0.717, 1.165) is 12.0 Å². The second-order valence-corrected chi connectivity index (χ2v) is 6.50. The van der Waals surface area contributed by atoms with Crippen LogP contribution in [0.3, 0.4) is 0 Å². The molecule has 0 spiro atoms. The Kier molecular flexibility index (Phi) is 4.30. The molecule has 1 fully saturated rings. The smallest absolute Gasteiger partial charge is 0.410 e. The molecule has 1 aliphatic rings. The standard InChI is InChI=1S/C16H24N2O3/c1-11-5-6-14(13(17)9-11)20-12-7-8-18(10-12)15(19)21-16(2,3)4/h5-6,9,12H,7-8,10,17H2,1-4H3. The molecule has 1 saturated heterocycles. The molecule has 0 aromatic heterocycles. The van der Waals surface area contributed by atoms with E-state index in [-0.39, 0.29) is 12.2 Å². The van der Waals surface area contributed by atoms with Crippen LogP contribution in [0.25, 0.3) is 0 Å². The minimum Gasteiger partial charge on any atom is -0.486 e. The third-order valence-corrected chi connectivity index (χ3v) is 3.26. The summed E-state index contributed by atoms with van der Waals surface area (Å²) in [7, 11) is 0. The summed E-state index contributed by atoms with van der Waals surface area (Å²) in [6, 6.07) is 5.73. The molecule has 2 rings (SSSR count). The Morgan fingerprint density at radius 2 is 2.10 bits per heavy atom. The number of amides is 1. The van der Waals surface area contributed by atoms with E-state index in [1.165, 1.54) is 0 Å². The lowest BCUT2D eigenvalue weighted by molar-refractivity contribution is 0.0276. The van der Waals surface area contributed by atoms with E-state index in [1.807, 2.05) is 45.9 Å². The number of ether oxygens (including phenoxy) is 2. The van der Waals surface area contributed by atoms with Gasteiger partial charge < -0.3 is 20.1 Å². The molecular formula is C16H24N2O3. The normalized spacial score (nSPS) is 18.7. The van der Waals surface area contributed by atoms with Gasteiger partial charge in [0.25, 0.3) is 0 Å². The van der Waals surface area contributed by atoms with Gasteiger partial charge in [0, 0.05) is 13.0 Å². The van der Waals surface area contributed by atoms with Crippen LogP contribution in [0.5, 0.6) is 5.75 Å². The van der Waals surface area contributed by atoms with Crippen LogP contribution in [0, 0.1) is 6.92 Å². The van der Waals surface area contributed by atoms with E-state index >= 15 is 0 Å². The maximum absolute atomic E-state index is 12.0. The summed E-state index contributed by atoms with van der Waals surface area (Å²) < 4.78 is 11.3. The first-order valence-electron chi connectivity index (χ1n) is 7.25. The first-order valence-corrected chi connectivity index (χ1v) is 7.25. The van der Waals surface area contributed by atoms with Crippen molar-refractivity contribution >= 4 is 11.8 Å². The summed E-state index contributed by atoms with van der Waals surface area (Å²) in [5, 5.41) is 0. The van der Waals surface area contributed by atoms with E-state index in [9.17, 15) is 4.79 Å². The highest BCUT2D eigenvalue weighted by atomic mass is 16.6. The van der Waals surface area contributed by atoms with E-state index in [4.69, 9.17) is 15.2 Å². The van der Waals surface area contributed by atoms with Gasteiger partial charge in [-0.15, -0.1) is 0 Å². The van der Waals surface area contributed by atoms with Crippen molar-refractivity contribution in [2.75, 3.05) is 18.8 Å². The average Bonchev–Trinajstić information content (AvgIpc) is 2.79. The predicted molar refractivity (Wildman–Crippen MR) is 82.4 cm³/mol. The number of hydrogen-bond acceptors (Lipinski definition) is 4. The van der Waals surface area contributed by atoms with Crippen molar-refractivity contribution in [2.45, 2.75) is 45.8 Å². The van der Waals surface area contributed by atoms with Gasteiger partial charge in [-0.25, -0.2) is 4.79 Å². The van der Waals surface area contributed by atoms with E-state index in [2.05, 4.69) is 0 Å². The Morgan fingerprint density at radius 1 is 1.38 bits per heavy atom. The maximum Gasteiger partial charge on any atom is 0.410 e. The number of aryl methyl sites for hydroxylation is 1. The van der Waals surface area contributed by atoms with Crippen molar-refractivity contribution in [3.8, 4) is 5.75 Å². The molecule has 2 N–H and O–H groups in total. The van der Waals surface area contributed by atoms with Crippen molar-refractivity contribution in [2.24, 2.45) is 0 Å². The molecule has 0 saturated carbocycles. The Bertz CT molecular complexity index is 523. The van der Waals surface area contributed by atoms with Gasteiger partial charge in [-0.1, -0.05) is 6.07 Å². The van der Waals surface area contributed by atoms with Gasteiger partial charge in [-0.3, -0.25) is 0 Å². The first kappa shape index (κ1) is 15.5. The van der Waals surface area contributed by atoms with E-state index < -0.39 is 5.60 Å². The lowest BCUT2D eigenvalue weighted by atomic mass is 10.2. The zero-order valence-electron chi connectivity index (χ0n) is 13.2. The molecule has 5 heteroatoms. The van der Waals surface area contributed by atoms with Gasteiger partial charge in [-0.2, -0.15) is 0 Å². The highest BCUT2D eigenvalue weighted by Gasteiger charge is 2.31. The molecule has 1 aromatic rings. The van der Waals surface area contributed by atoms with E-state index in [1.54, 1.807) is 4.90 Å². The molecule has 1 heterocycles. The Hall–Kier alpha value is -1.91. The summed E-state index contributed by atoms with van der Waals surface area (Å²) in [4.78, 5) is 13.7. The summed E-state index contributed by atoms with van der Waals surface area (Å²) in [5.74, 6) is 0.677. The topological polar surface area (TPSA) is 64.8 Å². The summed E-state index contributed by atoms with van der Waals surface area (Å²) in [5.41, 5.74) is 7.20. The van der Waals surface area contributed by atoms with Crippen molar-refractivity contribution < 1.29 is 14.3 Å². The Balaban J connectivity index is 1.92. The minimum absolute atomic E-state index is 0.0393. The van der Waals surface area contributed by atoms with Crippen LogP contribution in [0.4, 0.5) is 10.5 Å². The quantitative estimate of drug-likeness (QED) is 0.851. The van der Waals surface area contributed by atoms with Crippen LogP contribution < -0.4 is 10.5 Å². The number of likely N-dealkylation sites (tertiary alicyclic amines) is 1. The van der Waals surface area contributed by atoms with Crippen molar-refractivity contribution in [1.82, 2.24) is 4.90 Å². The number of benzene rings is 1. The van der Waals surface area contributed by atoms with Crippen LogP contribution in [0.1, 0.15) is 32.8 Å². The Labute approximate surface area is 126 Å². The third-order valence-electron chi connectivity index (χ3n) is 3.26. The summed E-state index contributed by atoms with van der Waals surface area (Å²) in [6.07, 6.45) is 0.458. The van der Waals surface area contributed by atoms with Gasteiger partial charge in [0.1, 0.15) is 17.5 Å². The van der Waals surface area contributed by atoms with Crippen LogP contribution in [-0.2, 0) is 4.74 Å². The second kappa shape index (κ2) is 5.84. The van der Waals surface area contributed by atoms with Crippen molar-refractivity contribution in [1.29, 1.82) is 0 Å². The number of nitrogen functional groups attached to an aromatic ring is 1.